The molecule has 2 aromatic carbocycles. The number of thiocarbonyl (C=S) groups is 1. The summed E-state index contributed by atoms with van der Waals surface area (Å²) in [5.74, 6) is 0.609. The van der Waals surface area contributed by atoms with Crippen molar-refractivity contribution in [2.24, 2.45) is 0 Å². The molecule has 0 bridgehead atoms. The molecule has 2 atom stereocenters. The summed E-state index contributed by atoms with van der Waals surface area (Å²) in [4.78, 5) is 18.8. The number of amides is 1. The summed E-state index contributed by atoms with van der Waals surface area (Å²) < 4.78 is 12.5. The average molecular weight is 542 g/mol. The molecule has 1 saturated heterocycles. The molecule has 9 heteroatoms. The van der Waals surface area contributed by atoms with Crippen LogP contribution in [0.2, 0.25) is 0 Å². The smallest absolute Gasteiger partial charge is 0.250 e. The largest absolute Gasteiger partial charge is 0.497 e. The highest BCUT2D eigenvalue weighted by atomic mass is 32.1. The number of hydrogen-bond acceptors (Lipinski definition) is 5. The van der Waals surface area contributed by atoms with Gasteiger partial charge in [-0.1, -0.05) is 6.07 Å². The summed E-state index contributed by atoms with van der Waals surface area (Å²) in [7, 11) is 3.16. The van der Waals surface area contributed by atoms with E-state index in [-0.39, 0.29) is 24.6 Å². The van der Waals surface area contributed by atoms with Crippen molar-refractivity contribution in [2.75, 3.05) is 31.0 Å². The first kappa shape index (κ1) is 26.4. The van der Waals surface area contributed by atoms with Gasteiger partial charge in [0.2, 0.25) is 5.91 Å². The summed E-state index contributed by atoms with van der Waals surface area (Å²) in [6, 6.07) is 23.6. The first-order chi connectivity index (χ1) is 18.9. The van der Waals surface area contributed by atoms with Gasteiger partial charge >= 0.3 is 0 Å². The van der Waals surface area contributed by atoms with Gasteiger partial charge in [0.05, 0.1) is 24.9 Å². The number of aromatic nitrogens is 2. The third kappa shape index (κ3) is 5.23. The Labute approximate surface area is 233 Å². The molecule has 0 radical (unpaired) electrons. The number of carbonyl (C=O) groups is 1. The van der Waals surface area contributed by atoms with Gasteiger partial charge in [-0.2, -0.15) is 0 Å². The fourth-order valence-electron chi connectivity index (χ4n) is 5.20. The Kier molecular flexibility index (Phi) is 7.63. The molecule has 5 rings (SSSR count). The molecule has 2 aromatic heterocycles. The predicted molar refractivity (Wildman–Crippen MR) is 157 cm³/mol. The Morgan fingerprint density at radius 3 is 2.38 bits per heavy atom. The average Bonchev–Trinajstić information content (AvgIpc) is 3.44. The van der Waals surface area contributed by atoms with Crippen LogP contribution >= 0.6 is 12.2 Å². The minimum atomic E-state index is -0.206. The SMILES string of the molecule is COCC(=O)Nc1ccc(N2C(=S)NC(c3ccccn3)C2c2cc(C)n(-c3ccc(OC)cc3)c2C)cc1. The second-order valence-electron chi connectivity index (χ2n) is 9.38. The van der Waals surface area contributed by atoms with E-state index >= 15 is 0 Å². The molecule has 4 aromatic rings. The lowest BCUT2D eigenvalue weighted by Crippen LogP contribution is -2.29. The van der Waals surface area contributed by atoms with Crippen LogP contribution in [0.1, 0.15) is 34.7 Å². The molecule has 3 heterocycles. The molecule has 1 aliphatic rings. The van der Waals surface area contributed by atoms with Crippen LogP contribution in [-0.4, -0.2) is 41.4 Å². The van der Waals surface area contributed by atoms with Crippen LogP contribution in [0.3, 0.4) is 0 Å². The zero-order valence-electron chi connectivity index (χ0n) is 22.3. The van der Waals surface area contributed by atoms with Gasteiger partial charge in [0.1, 0.15) is 12.4 Å². The molecule has 0 spiro atoms. The number of nitrogens with one attached hydrogen (secondary N) is 2. The molecule has 0 saturated carbocycles. The van der Waals surface area contributed by atoms with E-state index in [1.807, 2.05) is 54.6 Å². The Bertz CT molecular complexity index is 1470. The number of ether oxygens (including phenoxy) is 2. The normalized spacial score (nSPS) is 16.7. The number of methoxy groups -OCH3 is 2. The number of rotatable bonds is 8. The third-order valence-electron chi connectivity index (χ3n) is 6.92. The summed E-state index contributed by atoms with van der Waals surface area (Å²) >= 11 is 5.90. The van der Waals surface area contributed by atoms with Crippen molar-refractivity contribution in [3.05, 3.63) is 102 Å². The van der Waals surface area contributed by atoms with Crippen LogP contribution in [0, 0.1) is 13.8 Å². The van der Waals surface area contributed by atoms with Gasteiger partial charge < -0.3 is 29.6 Å². The van der Waals surface area contributed by atoms with Gasteiger partial charge in [0, 0.05) is 41.8 Å². The predicted octanol–water partition coefficient (Wildman–Crippen LogP) is 5.26. The van der Waals surface area contributed by atoms with Crippen LogP contribution in [0.15, 0.2) is 79.0 Å². The van der Waals surface area contributed by atoms with Gasteiger partial charge in [-0.25, -0.2) is 0 Å². The molecule has 1 amide bonds. The zero-order chi connectivity index (χ0) is 27.5. The summed E-state index contributed by atoms with van der Waals surface area (Å²) in [5, 5.41) is 6.98. The summed E-state index contributed by atoms with van der Waals surface area (Å²) in [6.07, 6.45) is 1.80. The number of aryl methyl sites for hydroxylation is 1. The molecule has 2 N–H and O–H groups in total. The maximum atomic E-state index is 12.0. The molecule has 8 nitrogen and oxygen atoms in total. The van der Waals surface area contributed by atoms with Crippen molar-refractivity contribution in [3.63, 3.8) is 0 Å². The van der Waals surface area contributed by atoms with Crippen LogP contribution in [0.4, 0.5) is 11.4 Å². The molecule has 1 aliphatic heterocycles. The molecule has 39 heavy (non-hydrogen) atoms. The first-order valence-electron chi connectivity index (χ1n) is 12.6. The number of pyridine rings is 1. The van der Waals surface area contributed by atoms with Gasteiger partial charge in [0.25, 0.3) is 0 Å². The van der Waals surface area contributed by atoms with Crippen LogP contribution in [0.5, 0.6) is 5.75 Å². The topological polar surface area (TPSA) is 80.7 Å². The van der Waals surface area contributed by atoms with Crippen molar-refractivity contribution >= 4 is 34.6 Å². The first-order valence-corrected chi connectivity index (χ1v) is 13.0. The quantitative estimate of drug-likeness (QED) is 0.295. The van der Waals surface area contributed by atoms with E-state index in [0.717, 1.165) is 39.8 Å². The molecular formula is C30H31N5O3S. The Balaban J connectivity index is 1.57. The lowest BCUT2D eigenvalue weighted by atomic mass is 9.96. The highest BCUT2D eigenvalue weighted by Gasteiger charge is 2.42. The fraction of sp³-hybridized carbons (Fsp3) is 0.233. The second-order valence-corrected chi connectivity index (χ2v) is 9.77. The monoisotopic (exact) mass is 541 g/mol. The molecule has 1 fully saturated rings. The minimum Gasteiger partial charge on any atom is -0.497 e. The number of benzene rings is 2. The van der Waals surface area contributed by atoms with Gasteiger partial charge in [0.15, 0.2) is 5.11 Å². The van der Waals surface area contributed by atoms with Crippen molar-refractivity contribution in [1.29, 1.82) is 0 Å². The fourth-order valence-corrected chi connectivity index (χ4v) is 5.54. The van der Waals surface area contributed by atoms with E-state index in [9.17, 15) is 4.79 Å². The van der Waals surface area contributed by atoms with E-state index in [1.165, 1.54) is 7.11 Å². The Morgan fingerprint density at radius 2 is 1.74 bits per heavy atom. The van der Waals surface area contributed by atoms with Crippen molar-refractivity contribution in [1.82, 2.24) is 14.9 Å². The van der Waals surface area contributed by atoms with Gasteiger partial charge in [-0.15, -0.1) is 0 Å². The van der Waals surface area contributed by atoms with Gasteiger partial charge in [-0.05, 0) is 98.4 Å². The van der Waals surface area contributed by atoms with Gasteiger partial charge in [-0.3, -0.25) is 9.78 Å². The molecule has 200 valence electrons. The van der Waals surface area contributed by atoms with E-state index in [0.29, 0.717) is 10.8 Å². The number of anilines is 2. The maximum absolute atomic E-state index is 12.0. The highest BCUT2D eigenvalue weighted by molar-refractivity contribution is 7.80. The third-order valence-corrected chi connectivity index (χ3v) is 7.24. The zero-order valence-corrected chi connectivity index (χ0v) is 23.2. The maximum Gasteiger partial charge on any atom is 0.250 e. The van der Waals surface area contributed by atoms with E-state index in [2.05, 4.69) is 57.1 Å². The molecule has 0 aliphatic carbocycles. The van der Waals surface area contributed by atoms with E-state index in [4.69, 9.17) is 21.7 Å². The Morgan fingerprint density at radius 1 is 1.03 bits per heavy atom. The number of carbonyl (C=O) groups excluding carboxylic acids is 1. The summed E-state index contributed by atoms with van der Waals surface area (Å²) in [5.41, 5.74) is 6.94. The van der Waals surface area contributed by atoms with Crippen molar-refractivity contribution < 1.29 is 14.3 Å². The standard InChI is InChI=1S/C30H31N5O3S/c1-19-17-25(20(2)34(19)22-12-14-24(38-4)15-13-22)29-28(26-7-5-6-16-31-26)33-30(39)35(29)23-10-8-21(9-11-23)32-27(36)18-37-3/h5-17,28-29H,18H2,1-4H3,(H,32,36)(H,33,39). The summed E-state index contributed by atoms with van der Waals surface area (Å²) in [6.45, 7) is 4.24. The van der Waals surface area contributed by atoms with Crippen LogP contribution in [-0.2, 0) is 9.53 Å². The lowest BCUT2D eigenvalue weighted by molar-refractivity contribution is -0.119. The molecular weight excluding hydrogens is 510 g/mol. The molecule has 2 unspecified atom stereocenters. The Hall–Kier alpha value is -4.21. The van der Waals surface area contributed by atoms with E-state index in [1.54, 1.807) is 13.3 Å². The minimum absolute atomic E-state index is 0.000471. The number of hydrogen-bond donors (Lipinski definition) is 2. The van der Waals surface area contributed by atoms with E-state index < -0.39 is 0 Å². The highest BCUT2D eigenvalue weighted by Crippen LogP contribution is 2.44. The number of nitrogens with zero attached hydrogens (tertiary/aromatic N) is 3. The van der Waals surface area contributed by atoms with Crippen molar-refractivity contribution in [2.45, 2.75) is 25.9 Å². The lowest BCUT2D eigenvalue weighted by Gasteiger charge is -2.28. The van der Waals surface area contributed by atoms with Crippen LogP contribution < -0.4 is 20.3 Å². The second kappa shape index (κ2) is 11.3. The van der Waals surface area contributed by atoms with Crippen LogP contribution in [0.25, 0.3) is 5.69 Å². The van der Waals surface area contributed by atoms with Crippen molar-refractivity contribution in [3.8, 4) is 11.4 Å².